The first-order valence-corrected chi connectivity index (χ1v) is 3.70. The summed E-state index contributed by atoms with van der Waals surface area (Å²) >= 11 is 0. The number of aliphatic hydroxyl groups is 1. The molecule has 0 amide bonds. The van der Waals surface area contributed by atoms with E-state index in [2.05, 4.69) is 5.32 Å². The van der Waals surface area contributed by atoms with E-state index in [1.165, 1.54) is 12.8 Å². The highest BCUT2D eigenvalue weighted by atomic mass is 16.3. The van der Waals surface area contributed by atoms with Crippen molar-refractivity contribution in [3.8, 4) is 0 Å². The zero-order valence-corrected chi connectivity index (χ0v) is 5.93. The fraction of sp³-hybridized carbons (Fsp3) is 1.00. The van der Waals surface area contributed by atoms with Crippen molar-refractivity contribution in [3.63, 3.8) is 0 Å². The minimum Gasteiger partial charge on any atom is -0.392 e. The summed E-state index contributed by atoms with van der Waals surface area (Å²) in [6, 6.07) is 0.360. The summed E-state index contributed by atoms with van der Waals surface area (Å²) < 4.78 is 0. The van der Waals surface area contributed by atoms with E-state index in [9.17, 15) is 5.11 Å². The van der Waals surface area contributed by atoms with Gasteiger partial charge in [0.1, 0.15) is 0 Å². The number of aliphatic hydroxyl groups excluding tert-OH is 1. The number of hydrogen-bond acceptors (Lipinski definition) is 2. The van der Waals surface area contributed by atoms with Crippen LogP contribution in [0.5, 0.6) is 0 Å². The molecule has 2 nitrogen and oxygen atoms in total. The van der Waals surface area contributed by atoms with Crippen molar-refractivity contribution in [2.45, 2.75) is 37.8 Å². The van der Waals surface area contributed by atoms with Gasteiger partial charge < -0.3 is 10.4 Å². The molecule has 0 aromatic carbocycles. The molecule has 0 unspecified atom stereocenters. The largest absolute Gasteiger partial charge is 0.392 e. The summed E-state index contributed by atoms with van der Waals surface area (Å²) in [6.45, 7) is 0. The van der Waals surface area contributed by atoms with Gasteiger partial charge in [-0.1, -0.05) is 12.8 Å². The monoisotopic (exact) mass is 129 g/mol. The average Bonchev–Trinajstić information content (AvgIpc) is 1.89. The molecule has 2 atom stereocenters. The van der Waals surface area contributed by atoms with Crippen LogP contribution in [-0.2, 0) is 0 Å². The van der Waals surface area contributed by atoms with E-state index >= 15 is 0 Å². The van der Waals surface area contributed by atoms with Gasteiger partial charge in [0.25, 0.3) is 0 Å². The Kier molecular flexibility index (Phi) is 2.49. The lowest BCUT2D eigenvalue weighted by atomic mass is 9.93. The minimum atomic E-state index is -0.0938. The number of rotatable bonds is 1. The molecule has 9 heavy (non-hydrogen) atoms. The topological polar surface area (TPSA) is 32.3 Å². The quantitative estimate of drug-likeness (QED) is 0.540. The Morgan fingerprint density at radius 3 is 2.44 bits per heavy atom. The molecule has 1 rings (SSSR count). The summed E-state index contributed by atoms with van der Waals surface area (Å²) in [5, 5.41) is 12.4. The first-order chi connectivity index (χ1) is 4.34. The Hall–Kier alpha value is -0.0800. The van der Waals surface area contributed by atoms with Crippen molar-refractivity contribution in [2.24, 2.45) is 0 Å². The SMILES string of the molecule is CN[C@H]1CCCC[C@H]1O. The fourth-order valence-electron chi connectivity index (χ4n) is 1.45. The molecule has 0 spiro atoms. The van der Waals surface area contributed by atoms with Gasteiger partial charge in [0.2, 0.25) is 0 Å². The average molecular weight is 129 g/mol. The van der Waals surface area contributed by atoms with E-state index in [4.69, 9.17) is 0 Å². The van der Waals surface area contributed by atoms with Crippen LogP contribution >= 0.6 is 0 Å². The Morgan fingerprint density at radius 2 is 2.00 bits per heavy atom. The molecule has 1 fully saturated rings. The molecule has 2 N–H and O–H groups in total. The Balaban J connectivity index is 2.30. The zero-order chi connectivity index (χ0) is 6.69. The van der Waals surface area contributed by atoms with Gasteiger partial charge in [0, 0.05) is 6.04 Å². The summed E-state index contributed by atoms with van der Waals surface area (Å²) in [7, 11) is 1.92. The smallest absolute Gasteiger partial charge is 0.0693 e. The van der Waals surface area contributed by atoms with Gasteiger partial charge in [0.05, 0.1) is 6.10 Å². The molecule has 54 valence electrons. The number of hydrogen-bond donors (Lipinski definition) is 2. The first-order valence-electron chi connectivity index (χ1n) is 3.70. The maximum Gasteiger partial charge on any atom is 0.0693 e. The van der Waals surface area contributed by atoms with Gasteiger partial charge in [-0.3, -0.25) is 0 Å². The van der Waals surface area contributed by atoms with Crippen LogP contribution in [0.1, 0.15) is 25.7 Å². The molecular weight excluding hydrogens is 114 g/mol. The van der Waals surface area contributed by atoms with Crippen LogP contribution < -0.4 is 5.32 Å². The predicted molar refractivity (Wildman–Crippen MR) is 37.3 cm³/mol. The van der Waals surface area contributed by atoms with Gasteiger partial charge >= 0.3 is 0 Å². The zero-order valence-electron chi connectivity index (χ0n) is 5.93. The lowest BCUT2D eigenvalue weighted by Crippen LogP contribution is -2.39. The van der Waals surface area contributed by atoms with Crippen LogP contribution in [0.25, 0.3) is 0 Å². The molecular formula is C7H15NO. The number of nitrogens with one attached hydrogen (secondary N) is 1. The molecule has 0 aliphatic heterocycles. The van der Waals surface area contributed by atoms with Crippen LogP contribution in [0, 0.1) is 0 Å². The first kappa shape index (κ1) is 7.03. The van der Waals surface area contributed by atoms with Crippen molar-refractivity contribution in [3.05, 3.63) is 0 Å². The van der Waals surface area contributed by atoms with E-state index in [1.54, 1.807) is 0 Å². The molecule has 0 heterocycles. The molecule has 2 heteroatoms. The van der Waals surface area contributed by atoms with E-state index in [1.807, 2.05) is 7.05 Å². The second kappa shape index (κ2) is 3.18. The third-order valence-corrected chi connectivity index (χ3v) is 2.10. The lowest BCUT2D eigenvalue weighted by Gasteiger charge is -2.26. The third kappa shape index (κ3) is 1.66. The Morgan fingerprint density at radius 1 is 1.33 bits per heavy atom. The Labute approximate surface area is 56.3 Å². The summed E-state index contributed by atoms with van der Waals surface area (Å²) in [4.78, 5) is 0. The maximum absolute atomic E-state index is 9.31. The van der Waals surface area contributed by atoms with Crippen molar-refractivity contribution < 1.29 is 5.11 Å². The summed E-state index contributed by atoms with van der Waals surface area (Å²) in [5.74, 6) is 0. The minimum absolute atomic E-state index is 0.0938. The predicted octanol–water partition coefficient (Wildman–Crippen LogP) is 0.509. The molecule has 0 aromatic heterocycles. The maximum atomic E-state index is 9.31. The summed E-state index contributed by atoms with van der Waals surface area (Å²) in [6.07, 6.45) is 4.48. The van der Waals surface area contributed by atoms with Crippen molar-refractivity contribution >= 4 is 0 Å². The standard InChI is InChI=1S/C7H15NO/c1-8-6-4-2-3-5-7(6)9/h6-9H,2-5H2,1H3/t6-,7+/m0/s1. The van der Waals surface area contributed by atoms with Crippen LogP contribution in [0.15, 0.2) is 0 Å². The Bertz CT molecular complexity index is 85.0. The fourth-order valence-corrected chi connectivity index (χ4v) is 1.45. The normalized spacial score (nSPS) is 36.7. The highest BCUT2D eigenvalue weighted by Crippen LogP contribution is 2.17. The van der Waals surface area contributed by atoms with E-state index in [0.717, 1.165) is 12.8 Å². The highest BCUT2D eigenvalue weighted by molar-refractivity contribution is 4.78. The van der Waals surface area contributed by atoms with Gasteiger partial charge in [-0.15, -0.1) is 0 Å². The van der Waals surface area contributed by atoms with Crippen molar-refractivity contribution in [1.29, 1.82) is 0 Å². The van der Waals surface area contributed by atoms with E-state index in [-0.39, 0.29) is 6.10 Å². The van der Waals surface area contributed by atoms with E-state index < -0.39 is 0 Å². The third-order valence-electron chi connectivity index (χ3n) is 2.10. The van der Waals surface area contributed by atoms with Crippen LogP contribution in [0.4, 0.5) is 0 Å². The van der Waals surface area contributed by atoms with Gasteiger partial charge in [-0.25, -0.2) is 0 Å². The van der Waals surface area contributed by atoms with Crippen LogP contribution in [-0.4, -0.2) is 24.3 Å². The second-order valence-corrected chi connectivity index (χ2v) is 2.75. The summed E-state index contributed by atoms with van der Waals surface area (Å²) in [5.41, 5.74) is 0. The highest BCUT2D eigenvalue weighted by Gasteiger charge is 2.20. The molecule has 1 aliphatic rings. The van der Waals surface area contributed by atoms with Crippen molar-refractivity contribution in [2.75, 3.05) is 7.05 Å². The number of likely N-dealkylation sites (N-methyl/N-ethyl adjacent to an activating group) is 1. The molecule has 0 radical (unpaired) electrons. The van der Waals surface area contributed by atoms with Crippen LogP contribution in [0.3, 0.4) is 0 Å². The molecule has 1 saturated carbocycles. The van der Waals surface area contributed by atoms with Gasteiger partial charge in [-0.05, 0) is 19.9 Å². The molecule has 1 aliphatic carbocycles. The van der Waals surface area contributed by atoms with E-state index in [0.29, 0.717) is 6.04 Å². The van der Waals surface area contributed by atoms with Gasteiger partial charge in [-0.2, -0.15) is 0 Å². The molecule has 0 bridgehead atoms. The molecule has 0 aromatic rings. The van der Waals surface area contributed by atoms with Crippen LogP contribution in [0.2, 0.25) is 0 Å². The second-order valence-electron chi connectivity index (χ2n) is 2.75. The lowest BCUT2D eigenvalue weighted by molar-refractivity contribution is 0.0948. The molecule has 0 saturated heterocycles. The van der Waals surface area contributed by atoms with Gasteiger partial charge in [0.15, 0.2) is 0 Å². The van der Waals surface area contributed by atoms with Crippen molar-refractivity contribution in [1.82, 2.24) is 5.32 Å².